The molecule has 80 valence electrons. The number of aromatic nitrogens is 2. The molecule has 4 nitrogen and oxygen atoms in total. The number of hydrogen-bond acceptors (Lipinski definition) is 3. The summed E-state index contributed by atoms with van der Waals surface area (Å²) in [7, 11) is 0. The van der Waals surface area contributed by atoms with Crippen LogP contribution in [0.5, 0.6) is 0 Å². The van der Waals surface area contributed by atoms with Crippen LogP contribution < -0.4 is 5.32 Å². The van der Waals surface area contributed by atoms with Gasteiger partial charge < -0.3 is 5.32 Å². The Morgan fingerprint density at radius 1 is 1.19 bits per heavy atom. The summed E-state index contributed by atoms with van der Waals surface area (Å²) in [4.78, 5) is 19.0. The Kier molecular flexibility index (Phi) is 2.86. The summed E-state index contributed by atoms with van der Waals surface area (Å²) < 4.78 is 12.8. The monoisotopic (exact) mass is 217 g/mol. The molecule has 0 aliphatic carbocycles. The van der Waals surface area contributed by atoms with Gasteiger partial charge in [0.05, 0.1) is 0 Å². The summed E-state index contributed by atoms with van der Waals surface area (Å²) in [6.07, 6.45) is 1.55. The zero-order valence-corrected chi connectivity index (χ0v) is 8.22. The van der Waals surface area contributed by atoms with Crippen molar-refractivity contribution < 1.29 is 9.18 Å². The molecule has 0 radical (unpaired) electrons. The van der Waals surface area contributed by atoms with Gasteiger partial charge in [-0.3, -0.25) is 4.79 Å². The molecule has 0 aliphatic rings. The normalized spacial score (nSPS) is 9.81. The summed E-state index contributed by atoms with van der Waals surface area (Å²) in [5.41, 5.74) is 0.0191. The van der Waals surface area contributed by atoms with Crippen molar-refractivity contribution in [2.75, 3.05) is 5.32 Å². The third-order valence-corrected chi connectivity index (χ3v) is 1.85. The molecule has 2 heterocycles. The van der Waals surface area contributed by atoms with Gasteiger partial charge in [-0.15, -0.1) is 0 Å². The van der Waals surface area contributed by atoms with Gasteiger partial charge in [0.15, 0.2) is 0 Å². The average Bonchev–Trinajstić information content (AvgIpc) is 2.30. The van der Waals surface area contributed by atoms with Crippen molar-refractivity contribution >= 4 is 11.7 Å². The Hall–Kier alpha value is -2.30. The molecule has 1 amide bonds. The Morgan fingerprint density at radius 3 is 2.75 bits per heavy atom. The first-order valence-corrected chi connectivity index (χ1v) is 4.60. The highest BCUT2D eigenvalue weighted by molar-refractivity contribution is 6.02. The minimum absolute atomic E-state index is 0.0191. The van der Waals surface area contributed by atoms with Gasteiger partial charge in [-0.1, -0.05) is 12.1 Å². The minimum atomic E-state index is -0.686. The fraction of sp³-hybridized carbons (Fsp3) is 0. The molecule has 2 aromatic rings. The number of carbonyl (C=O) groups is 1. The minimum Gasteiger partial charge on any atom is -0.305 e. The molecule has 0 aromatic carbocycles. The van der Waals surface area contributed by atoms with Crippen LogP contribution in [0.15, 0.2) is 42.6 Å². The summed E-state index contributed by atoms with van der Waals surface area (Å²) in [5.74, 6) is -0.773. The summed E-state index contributed by atoms with van der Waals surface area (Å²) in [5, 5.41) is 2.51. The third kappa shape index (κ3) is 2.38. The zero-order chi connectivity index (χ0) is 11.4. The smallest absolute Gasteiger partial charge is 0.275 e. The van der Waals surface area contributed by atoms with Crippen LogP contribution in [-0.2, 0) is 0 Å². The van der Waals surface area contributed by atoms with E-state index in [4.69, 9.17) is 0 Å². The van der Waals surface area contributed by atoms with Crippen molar-refractivity contribution in [3.05, 3.63) is 54.2 Å². The van der Waals surface area contributed by atoms with E-state index in [1.54, 1.807) is 24.4 Å². The first-order valence-electron chi connectivity index (χ1n) is 4.60. The van der Waals surface area contributed by atoms with Crippen molar-refractivity contribution in [2.45, 2.75) is 0 Å². The molecule has 0 atom stereocenters. The lowest BCUT2D eigenvalue weighted by Crippen LogP contribution is -2.14. The number of pyridine rings is 2. The largest absolute Gasteiger partial charge is 0.305 e. The van der Waals surface area contributed by atoms with Crippen molar-refractivity contribution in [3.8, 4) is 0 Å². The lowest BCUT2D eigenvalue weighted by atomic mass is 10.3. The molecular weight excluding hydrogens is 209 g/mol. The maximum absolute atomic E-state index is 12.8. The van der Waals surface area contributed by atoms with E-state index < -0.39 is 11.9 Å². The first kappa shape index (κ1) is 10.2. The van der Waals surface area contributed by atoms with Crippen LogP contribution in [0.25, 0.3) is 0 Å². The van der Waals surface area contributed by atoms with Gasteiger partial charge in [-0.25, -0.2) is 9.97 Å². The fourth-order valence-electron chi connectivity index (χ4n) is 1.15. The summed E-state index contributed by atoms with van der Waals surface area (Å²) >= 11 is 0. The van der Waals surface area contributed by atoms with Crippen LogP contribution in [0, 0.1) is 5.95 Å². The number of nitrogens with zero attached hydrogens (tertiary/aromatic N) is 2. The van der Waals surface area contributed by atoms with E-state index in [0.29, 0.717) is 5.82 Å². The molecule has 1 N–H and O–H groups in total. The van der Waals surface area contributed by atoms with Crippen molar-refractivity contribution in [2.24, 2.45) is 0 Å². The van der Waals surface area contributed by atoms with Gasteiger partial charge >= 0.3 is 0 Å². The number of nitrogens with one attached hydrogen (secondary N) is 1. The van der Waals surface area contributed by atoms with Gasteiger partial charge in [-0.2, -0.15) is 4.39 Å². The molecule has 0 bridgehead atoms. The van der Waals surface area contributed by atoms with Gasteiger partial charge in [0.2, 0.25) is 5.95 Å². The first-order chi connectivity index (χ1) is 7.75. The molecule has 2 rings (SSSR count). The van der Waals surface area contributed by atoms with Crippen LogP contribution in [0.2, 0.25) is 0 Å². The highest BCUT2D eigenvalue weighted by Gasteiger charge is 2.08. The van der Waals surface area contributed by atoms with E-state index in [1.165, 1.54) is 18.2 Å². The quantitative estimate of drug-likeness (QED) is 0.781. The van der Waals surface area contributed by atoms with E-state index in [-0.39, 0.29) is 5.69 Å². The number of halogens is 1. The maximum atomic E-state index is 12.8. The highest BCUT2D eigenvalue weighted by atomic mass is 19.1. The molecule has 2 aromatic heterocycles. The molecule has 0 saturated carbocycles. The van der Waals surface area contributed by atoms with Crippen LogP contribution in [0.1, 0.15) is 10.5 Å². The van der Waals surface area contributed by atoms with Crippen LogP contribution >= 0.6 is 0 Å². The molecule has 0 saturated heterocycles. The van der Waals surface area contributed by atoms with E-state index >= 15 is 0 Å². The van der Waals surface area contributed by atoms with Gasteiger partial charge in [0, 0.05) is 6.20 Å². The molecule has 0 spiro atoms. The second-order valence-corrected chi connectivity index (χ2v) is 3.01. The van der Waals surface area contributed by atoms with Gasteiger partial charge in [-0.05, 0) is 24.3 Å². The number of anilines is 1. The van der Waals surface area contributed by atoms with Crippen molar-refractivity contribution in [1.82, 2.24) is 9.97 Å². The summed E-state index contributed by atoms with van der Waals surface area (Å²) in [6.45, 7) is 0. The highest BCUT2D eigenvalue weighted by Crippen LogP contribution is 2.04. The van der Waals surface area contributed by atoms with Crippen LogP contribution in [0.3, 0.4) is 0 Å². The lowest BCUT2D eigenvalue weighted by Gasteiger charge is -2.02. The SMILES string of the molecule is O=C(Nc1ccccn1)c1cccc(F)n1. The second kappa shape index (κ2) is 4.48. The van der Waals surface area contributed by atoms with Gasteiger partial charge in [0.1, 0.15) is 11.5 Å². The fourth-order valence-corrected chi connectivity index (χ4v) is 1.15. The van der Waals surface area contributed by atoms with E-state index in [9.17, 15) is 9.18 Å². The molecule has 0 unspecified atom stereocenters. The molecule has 5 heteroatoms. The number of amides is 1. The second-order valence-electron chi connectivity index (χ2n) is 3.01. The van der Waals surface area contributed by atoms with E-state index in [1.807, 2.05) is 0 Å². The standard InChI is InChI=1S/C11H8FN3O/c12-9-5-3-4-8(14-9)11(16)15-10-6-1-2-7-13-10/h1-7H,(H,13,15,16). The summed E-state index contributed by atoms with van der Waals surface area (Å²) in [6, 6.07) is 9.14. The number of hydrogen-bond donors (Lipinski definition) is 1. The molecule has 0 aliphatic heterocycles. The van der Waals surface area contributed by atoms with Crippen LogP contribution in [-0.4, -0.2) is 15.9 Å². The van der Waals surface area contributed by atoms with Crippen molar-refractivity contribution in [3.63, 3.8) is 0 Å². The zero-order valence-electron chi connectivity index (χ0n) is 8.22. The molecule has 0 fully saturated rings. The Labute approximate surface area is 91.2 Å². The predicted molar refractivity (Wildman–Crippen MR) is 56.4 cm³/mol. The lowest BCUT2D eigenvalue weighted by molar-refractivity contribution is 0.102. The van der Waals surface area contributed by atoms with Crippen LogP contribution in [0.4, 0.5) is 10.2 Å². The number of carbonyl (C=O) groups excluding carboxylic acids is 1. The van der Waals surface area contributed by atoms with Gasteiger partial charge in [0.25, 0.3) is 5.91 Å². The van der Waals surface area contributed by atoms with Crippen molar-refractivity contribution in [1.29, 1.82) is 0 Å². The average molecular weight is 217 g/mol. The Morgan fingerprint density at radius 2 is 2.06 bits per heavy atom. The van der Waals surface area contributed by atoms with E-state index in [0.717, 1.165) is 0 Å². The topological polar surface area (TPSA) is 54.9 Å². The number of rotatable bonds is 2. The predicted octanol–water partition coefficient (Wildman–Crippen LogP) is 1.87. The third-order valence-electron chi connectivity index (χ3n) is 1.85. The maximum Gasteiger partial charge on any atom is 0.275 e. The Balaban J connectivity index is 2.15. The molecular formula is C11H8FN3O. The Bertz CT molecular complexity index is 502. The molecule has 16 heavy (non-hydrogen) atoms. The van der Waals surface area contributed by atoms with E-state index in [2.05, 4.69) is 15.3 Å².